The summed E-state index contributed by atoms with van der Waals surface area (Å²) in [6.45, 7) is 4.37. The molecule has 0 spiro atoms. The molecule has 3 heteroatoms. The second-order valence-corrected chi connectivity index (χ2v) is 3.64. The average molecular weight is 172 g/mol. The van der Waals surface area contributed by atoms with E-state index < -0.39 is 0 Å². The molecule has 1 rings (SSSR count). The number of nitrogens with two attached hydrogens (primary N) is 1. The van der Waals surface area contributed by atoms with Crippen LogP contribution >= 0.6 is 0 Å². The molecule has 0 aliphatic carbocycles. The van der Waals surface area contributed by atoms with Crippen molar-refractivity contribution in [3.8, 4) is 0 Å². The number of aliphatic hydroxyl groups is 1. The van der Waals surface area contributed by atoms with E-state index in [1.165, 1.54) is 6.42 Å². The molecule has 72 valence electrons. The molecule has 3 nitrogen and oxygen atoms in total. The molecular weight excluding hydrogens is 152 g/mol. The lowest BCUT2D eigenvalue weighted by Crippen LogP contribution is -2.40. The Morgan fingerprint density at radius 2 is 2.42 bits per heavy atom. The summed E-state index contributed by atoms with van der Waals surface area (Å²) < 4.78 is 0. The normalized spacial score (nSPS) is 27.8. The van der Waals surface area contributed by atoms with Crippen molar-refractivity contribution in [3.63, 3.8) is 0 Å². The van der Waals surface area contributed by atoms with Gasteiger partial charge in [0.05, 0.1) is 6.61 Å². The Morgan fingerprint density at radius 1 is 1.67 bits per heavy atom. The molecule has 0 aromatic carbocycles. The molecule has 0 amide bonds. The summed E-state index contributed by atoms with van der Waals surface area (Å²) in [7, 11) is 0. The van der Waals surface area contributed by atoms with Crippen LogP contribution in [0.25, 0.3) is 0 Å². The fraction of sp³-hybridized carbons (Fsp3) is 1.00. The van der Waals surface area contributed by atoms with Crippen LogP contribution in [-0.2, 0) is 0 Å². The van der Waals surface area contributed by atoms with E-state index in [2.05, 4.69) is 11.8 Å². The summed E-state index contributed by atoms with van der Waals surface area (Å²) in [5.41, 5.74) is 5.49. The van der Waals surface area contributed by atoms with Crippen LogP contribution in [0.4, 0.5) is 0 Å². The maximum Gasteiger partial charge on any atom is 0.0586 e. The molecular formula is C9H20N2O. The van der Waals surface area contributed by atoms with Gasteiger partial charge in [0.1, 0.15) is 0 Å². The molecule has 1 heterocycles. The number of nitrogens with zero attached hydrogens (tertiary/aromatic N) is 1. The van der Waals surface area contributed by atoms with Crippen LogP contribution < -0.4 is 5.73 Å². The maximum atomic E-state index is 9.08. The van der Waals surface area contributed by atoms with Gasteiger partial charge >= 0.3 is 0 Å². The highest BCUT2D eigenvalue weighted by Gasteiger charge is 2.26. The highest BCUT2D eigenvalue weighted by molar-refractivity contribution is 4.82. The van der Waals surface area contributed by atoms with Gasteiger partial charge in [-0.2, -0.15) is 0 Å². The van der Waals surface area contributed by atoms with Gasteiger partial charge in [0.2, 0.25) is 0 Å². The molecule has 0 radical (unpaired) electrons. The van der Waals surface area contributed by atoms with Gasteiger partial charge in [-0.25, -0.2) is 0 Å². The predicted octanol–water partition coefficient (Wildman–Crippen LogP) is 0.180. The molecule has 0 aromatic heterocycles. The quantitative estimate of drug-likeness (QED) is 0.636. The van der Waals surface area contributed by atoms with E-state index in [-0.39, 0.29) is 0 Å². The van der Waals surface area contributed by atoms with Crippen molar-refractivity contribution in [2.24, 2.45) is 5.73 Å². The molecule has 0 bridgehead atoms. The van der Waals surface area contributed by atoms with E-state index in [1.54, 1.807) is 0 Å². The number of hydrogen-bond donors (Lipinski definition) is 2. The van der Waals surface area contributed by atoms with Gasteiger partial charge in [-0.05, 0) is 39.3 Å². The van der Waals surface area contributed by atoms with Crippen LogP contribution in [0.15, 0.2) is 0 Å². The van der Waals surface area contributed by atoms with Gasteiger partial charge < -0.3 is 10.8 Å². The molecule has 1 aliphatic rings. The Balaban J connectivity index is 2.38. The molecule has 12 heavy (non-hydrogen) atoms. The Bertz CT molecular complexity index is 130. The monoisotopic (exact) mass is 172 g/mol. The zero-order valence-electron chi connectivity index (χ0n) is 7.87. The summed E-state index contributed by atoms with van der Waals surface area (Å²) >= 11 is 0. The third-order valence-corrected chi connectivity index (χ3v) is 2.78. The van der Waals surface area contributed by atoms with E-state index in [1.807, 2.05) is 0 Å². The molecule has 0 aromatic rings. The lowest BCUT2D eigenvalue weighted by molar-refractivity contribution is 0.122. The Hall–Kier alpha value is -0.120. The number of rotatable bonds is 4. The fourth-order valence-electron chi connectivity index (χ4n) is 2.04. The van der Waals surface area contributed by atoms with E-state index in [4.69, 9.17) is 10.8 Å². The average Bonchev–Trinajstić information content (AvgIpc) is 2.51. The lowest BCUT2D eigenvalue weighted by Gasteiger charge is -2.29. The number of hydrogen-bond acceptors (Lipinski definition) is 3. The Kier molecular flexibility index (Phi) is 3.98. The summed E-state index contributed by atoms with van der Waals surface area (Å²) in [6.07, 6.45) is 3.40. The maximum absolute atomic E-state index is 9.08. The zero-order chi connectivity index (χ0) is 8.97. The number of aliphatic hydroxyl groups excluding tert-OH is 1. The van der Waals surface area contributed by atoms with Crippen molar-refractivity contribution in [1.82, 2.24) is 4.90 Å². The first kappa shape index (κ1) is 9.96. The summed E-state index contributed by atoms with van der Waals surface area (Å²) in [4.78, 5) is 2.38. The van der Waals surface area contributed by atoms with Crippen molar-refractivity contribution in [3.05, 3.63) is 0 Å². The van der Waals surface area contributed by atoms with E-state index in [0.29, 0.717) is 18.7 Å². The minimum Gasteiger partial charge on any atom is -0.395 e. The molecule has 1 fully saturated rings. The smallest absolute Gasteiger partial charge is 0.0586 e. The van der Waals surface area contributed by atoms with Crippen molar-refractivity contribution in [1.29, 1.82) is 0 Å². The van der Waals surface area contributed by atoms with Gasteiger partial charge in [0.25, 0.3) is 0 Å². The third kappa shape index (κ3) is 2.19. The summed E-state index contributed by atoms with van der Waals surface area (Å²) in [5.74, 6) is 0. The standard InChI is InChI=1S/C9H20N2O/c1-8(4-5-10)11-6-2-3-9(11)7-12/h8-9,12H,2-7,10H2,1H3. The second kappa shape index (κ2) is 4.80. The summed E-state index contributed by atoms with van der Waals surface area (Å²) in [5, 5.41) is 9.08. The first-order valence-corrected chi connectivity index (χ1v) is 4.86. The third-order valence-electron chi connectivity index (χ3n) is 2.78. The predicted molar refractivity (Wildman–Crippen MR) is 49.9 cm³/mol. The van der Waals surface area contributed by atoms with Crippen molar-refractivity contribution in [2.75, 3.05) is 19.7 Å². The zero-order valence-corrected chi connectivity index (χ0v) is 7.87. The minimum absolute atomic E-state index is 0.301. The topological polar surface area (TPSA) is 49.5 Å². The Morgan fingerprint density at radius 3 is 3.00 bits per heavy atom. The van der Waals surface area contributed by atoms with E-state index in [9.17, 15) is 0 Å². The van der Waals surface area contributed by atoms with Gasteiger partial charge in [-0.15, -0.1) is 0 Å². The van der Waals surface area contributed by atoms with E-state index in [0.717, 1.165) is 25.9 Å². The molecule has 2 atom stereocenters. The molecule has 0 saturated carbocycles. The van der Waals surface area contributed by atoms with Crippen LogP contribution in [-0.4, -0.2) is 41.8 Å². The first-order valence-electron chi connectivity index (χ1n) is 4.86. The van der Waals surface area contributed by atoms with Crippen LogP contribution in [0.2, 0.25) is 0 Å². The SMILES string of the molecule is CC(CCN)N1CCCC1CO. The van der Waals surface area contributed by atoms with Crippen molar-refractivity contribution in [2.45, 2.75) is 38.3 Å². The number of likely N-dealkylation sites (tertiary alicyclic amines) is 1. The summed E-state index contributed by atoms with van der Waals surface area (Å²) in [6, 6.07) is 0.932. The minimum atomic E-state index is 0.301. The van der Waals surface area contributed by atoms with Gasteiger partial charge in [0.15, 0.2) is 0 Å². The fourth-order valence-corrected chi connectivity index (χ4v) is 2.04. The van der Waals surface area contributed by atoms with E-state index >= 15 is 0 Å². The van der Waals surface area contributed by atoms with Crippen molar-refractivity contribution < 1.29 is 5.11 Å². The molecule has 1 aliphatic heterocycles. The van der Waals surface area contributed by atoms with Crippen LogP contribution in [0, 0.1) is 0 Å². The Labute approximate surface area is 74.5 Å². The molecule has 1 saturated heterocycles. The second-order valence-electron chi connectivity index (χ2n) is 3.64. The molecule has 3 N–H and O–H groups in total. The largest absolute Gasteiger partial charge is 0.395 e. The van der Waals surface area contributed by atoms with Crippen molar-refractivity contribution >= 4 is 0 Å². The molecule has 2 unspecified atom stereocenters. The highest BCUT2D eigenvalue weighted by Crippen LogP contribution is 2.20. The van der Waals surface area contributed by atoms with Crippen LogP contribution in [0.5, 0.6) is 0 Å². The van der Waals surface area contributed by atoms with Gasteiger partial charge in [-0.1, -0.05) is 0 Å². The lowest BCUT2D eigenvalue weighted by atomic mass is 10.1. The van der Waals surface area contributed by atoms with Gasteiger partial charge in [0, 0.05) is 12.1 Å². The van der Waals surface area contributed by atoms with Crippen LogP contribution in [0.1, 0.15) is 26.2 Å². The first-order chi connectivity index (χ1) is 5.79. The highest BCUT2D eigenvalue weighted by atomic mass is 16.3. The van der Waals surface area contributed by atoms with Gasteiger partial charge in [-0.3, -0.25) is 4.90 Å². The van der Waals surface area contributed by atoms with Crippen LogP contribution in [0.3, 0.4) is 0 Å².